The first-order valence-corrected chi connectivity index (χ1v) is 10.1. The molecule has 0 radical (unpaired) electrons. The minimum absolute atomic E-state index is 0.358. The van der Waals surface area contributed by atoms with Gasteiger partial charge in [0.15, 0.2) is 5.11 Å². The Morgan fingerprint density at radius 1 is 0.968 bits per heavy atom. The Morgan fingerprint density at radius 2 is 1.68 bits per heavy atom. The summed E-state index contributed by atoms with van der Waals surface area (Å²) in [6.45, 7) is 0.980. The summed E-state index contributed by atoms with van der Waals surface area (Å²) < 4.78 is 10.6. The number of thiocarbonyl (C=S) groups is 1. The molecule has 31 heavy (non-hydrogen) atoms. The van der Waals surface area contributed by atoms with Crippen LogP contribution in [0.5, 0.6) is 5.75 Å². The highest BCUT2D eigenvalue weighted by atomic mass is 32.1. The van der Waals surface area contributed by atoms with Crippen molar-refractivity contribution in [2.75, 3.05) is 7.11 Å². The maximum Gasteiger partial charge on any atom is 0.337 e. The summed E-state index contributed by atoms with van der Waals surface area (Å²) in [5.41, 5.74) is 6.20. The number of hydrazone groups is 1. The van der Waals surface area contributed by atoms with Crippen LogP contribution < -0.4 is 15.5 Å². The molecule has 0 aliphatic rings. The van der Waals surface area contributed by atoms with Gasteiger partial charge in [0.25, 0.3) is 0 Å². The molecule has 2 N–H and O–H groups in total. The second-order valence-electron chi connectivity index (χ2n) is 6.55. The van der Waals surface area contributed by atoms with Gasteiger partial charge in [-0.2, -0.15) is 5.10 Å². The van der Waals surface area contributed by atoms with Crippen molar-refractivity contribution in [2.45, 2.75) is 13.2 Å². The van der Waals surface area contributed by atoms with Gasteiger partial charge in [0.2, 0.25) is 0 Å². The molecule has 0 spiro atoms. The highest BCUT2D eigenvalue weighted by Gasteiger charge is 2.06. The van der Waals surface area contributed by atoms with Gasteiger partial charge in [0.05, 0.1) is 18.9 Å². The molecule has 3 rings (SSSR count). The van der Waals surface area contributed by atoms with Gasteiger partial charge >= 0.3 is 5.97 Å². The van der Waals surface area contributed by atoms with Crippen LogP contribution in [0.15, 0.2) is 84.0 Å². The van der Waals surface area contributed by atoms with Crippen molar-refractivity contribution in [1.29, 1.82) is 0 Å². The molecule has 0 atom stereocenters. The van der Waals surface area contributed by atoms with Gasteiger partial charge in [0, 0.05) is 12.1 Å². The average Bonchev–Trinajstić information content (AvgIpc) is 2.82. The van der Waals surface area contributed by atoms with Crippen LogP contribution in [-0.2, 0) is 17.9 Å². The minimum Gasteiger partial charge on any atom is -0.488 e. The Morgan fingerprint density at radius 3 is 2.42 bits per heavy atom. The van der Waals surface area contributed by atoms with Crippen molar-refractivity contribution in [3.63, 3.8) is 0 Å². The maximum atomic E-state index is 11.5. The lowest BCUT2D eigenvalue weighted by Gasteiger charge is -2.10. The van der Waals surface area contributed by atoms with E-state index in [2.05, 4.69) is 15.8 Å². The fourth-order valence-corrected chi connectivity index (χ4v) is 2.84. The number of methoxy groups -OCH3 is 1. The van der Waals surface area contributed by atoms with E-state index in [0.29, 0.717) is 29.6 Å². The maximum absolute atomic E-state index is 11.5. The van der Waals surface area contributed by atoms with Crippen molar-refractivity contribution in [3.8, 4) is 5.75 Å². The molecule has 0 aliphatic heterocycles. The number of carbonyl (C=O) groups excluding carboxylic acids is 1. The van der Waals surface area contributed by atoms with E-state index >= 15 is 0 Å². The number of para-hydroxylation sites is 1. The van der Waals surface area contributed by atoms with E-state index in [0.717, 1.165) is 16.7 Å². The molecule has 0 unspecified atom stereocenters. The number of hydrogen-bond acceptors (Lipinski definition) is 5. The Balaban J connectivity index is 1.52. The summed E-state index contributed by atoms with van der Waals surface area (Å²) in [4.78, 5) is 11.5. The van der Waals surface area contributed by atoms with Crippen LogP contribution in [0.1, 0.15) is 27.0 Å². The quantitative estimate of drug-likeness (QED) is 0.242. The van der Waals surface area contributed by atoms with Crippen molar-refractivity contribution in [1.82, 2.24) is 10.7 Å². The predicted octanol–water partition coefficient (Wildman–Crippen LogP) is 4.05. The summed E-state index contributed by atoms with van der Waals surface area (Å²) in [7, 11) is 1.36. The SMILES string of the molecule is COC(=O)c1ccc(COc2ccccc2C=NNC(=S)NCc2ccccc2)cc1. The highest BCUT2D eigenvalue weighted by molar-refractivity contribution is 7.80. The molecule has 158 valence electrons. The molecular formula is C24H23N3O3S. The van der Waals surface area contributed by atoms with Crippen molar-refractivity contribution >= 4 is 29.5 Å². The standard InChI is InChI=1S/C24H23N3O3S/c1-29-23(28)20-13-11-19(12-14-20)17-30-22-10-6-5-9-21(22)16-26-27-24(31)25-15-18-7-3-2-4-8-18/h2-14,16H,15,17H2,1H3,(H2,25,27,31). The zero-order chi connectivity index (χ0) is 21.9. The van der Waals surface area contributed by atoms with Gasteiger partial charge in [-0.3, -0.25) is 5.43 Å². The molecule has 0 amide bonds. The van der Waals surface area contributed by atoms with E-state index < -0.39 is 0 Å². The third-order valence-electron chi connectivity index (χ3n) is 4.35. The minimum atomic E-state index is -0.363. The Bertz CT molecular complexity index is 1040. The van der Waals surface area contributed by atoms with Crippen LogP contribution in [-0.4, -0.2) is 24.4 Å². The fourth-order valence-electron chi connectivity index (χ4n) is 2.71. The van der Waals surface area contributed by atoms with E-state index in [1.54, 1.807) is 18.3 Å². The van der Waals surface area contributed by atoms with Gasteiger partial charge in [0.1, 0.15) is 12.4 Å². The van der Waals surface area contributed by atoms with Crippen molar-refractivity contribution in [2.24, 2.45) is 5.10 Å². The van der Waals surface area contributed by atoms with Gasteiger partial charge in [-0.25, -0.2) is 4.79 Å². The zero-order valence-electron chi connectivity index (χ0n) is 17.1. The molecular weight excluding hydrogens is 410 g/mol. The van der Waals surface area contributed by atoms with Gasteiger partial charge < -0.3 is 14.8 Å². The number of esters is 1. The number of nitrogens with zero attached hydrogens (tertiary/aromatic N) is 1. The molecule has 0 aliphatic carbocycles. The smallest absolute Gasteiger partial charge is 0.337 e. The largest absolute Gasteiger partial charge is 0.488 e. The zero-order valence-corrected chi connectivity index (χ0v) is 17.9. The van der Waals surface area contributed by atoms with E-state index in [4.69, 9.17) is 21.7 Å². The predicted molar refractivity (Wildman–Crippen MR) is 125 cm³/mol. The van der Waals surface area contributed by atoms with E-state index in [1.807, 2.05) is 66.7 Å². The molecule has 3 aromatic carbocycles. The third kappa shape index (κ3) is 6.94. The number of ether oxygens (including phenoxy) is 2. The normalized spacial score (nSPS) is 10.5. The molecule has 0 saturated carbocycles. The summed E-state index contributed by atoms with van der Waals surface area (Å²) in [5.74, 6) is 0.325. The second kappa shape index (κ2) is 11.5. The van der Waals surface area contributed by atoms with Crippen LogP contribution in [0, 0.1) is 0 Å². The Kier molecular flexibility index (Phi) is 8.13. The molecule has 7 heteroatoms. The number of carbonyl (C=O) groups is 1. The summed E-state index contributed by atoms with van der Waals surface area (Å²) >= 11 is 5.25. The molecule has 3 aromatic rings. The van der Waals surface area contributed by atoms with Gasteiger partial charge in [-0.15, -0.1) is 0 Å². The lowest BCUT2D eigenvalue weighted by Crippen LogP contribution is -2.31. The van der Waals surface area contributed by atoms with Crippen molar-refractivity contribution in [3.05, 3.63) is 101 Å². The lowest BCUT2D eigenvalue weighted by molar-refractivity contribution is 0.0600. The number of benzene rings is 3. The number of rotatable bonds is 8. The first-order chi connectivity index (χ1) is 15.2. The van der Waals surface area contributed by atoms with Crippen LogP contribution >= 0.6 is 12.2 Å². The van der Waals surface area contributed by atoms with Crippen LogP contribution in [0.3, 0.4) is 0 Å². The third-order valence-corrected chi connectivity index (χ3v) is 4.59. The topological polar surface area (TPSA) is 72.0 Å². The van der Waals surface area contributed by atoms with E-state index in [9.17, 15) is 4.79 Å². The van der Waals surface area contributed by atoms with E-state index in [1.165, 1.54) is 7.11 Å². The first-order valence-electron chi connectivity index (χ1n) is 9.65. The molecule has 0 bridgehead atoms. The van der Waals surface area contributed by atoms with Gasteiger partial charge in [-0.05, 0) is 47.6 Å². The van der Waals surface area contributed by atoms with Crippen LogP contribution in [0.25, 0.3) is 0 Å². The molecule has 0 heterocycles. The van der Waals surface area contributed by atoms with Crippen LogP contribution in [0.4, 0.5) is 0 Å². The number of nitrogens with one attached hydrogen (secondary N) is 2. The monoisotopic (exact) mass is 433 g/mol. The Hall–Kier alpha value is -3.71. The molecule has 6 nitrogen and oxygen atoms in total. The Labute approximate surface area is 186 Å². The summed E-state index contributed by atoms with van der Waals surface area (Å²) in [6.07, 6.45) is 1.66. The fraction of sp³-hybridized carbons (Fsp3) is 0.125. The first kappa shape index (κ1) is 22.0. The average molecular weight is 434 g/mol. The lowest BCUT2D eigenvalue weighted by atomic mass is 10.1. The number of hydrogen-bond donors (Lipinski definition) is 2. The molecule has 0 saturated heterocycles. The summed E-state index contributed by atoms with van der Waals surface area (Å²) in [6, 6.07) is 24.7. The second-order valence-corrected chi connectivity index (χ2v) is 6.96. The molecule has 0 aromatic heterocycles. The van der Waals surface area contributed by atoms with Crippen molar-refractivity contribution < 1.29 is 14.3 Å². The van der Waals surface area contributed by atoms with Gasteiger partial charge in [-0.1, -0.05) is 54.6 Å². The van der Waals surface area contributed by atoms with E-state index in [-0.39, 0.29) is 5.97 Å². The highest BCUT2D eigenvalue weighted by Crippen LogP contribution is 2.18. The molecule has 0 fully saturated rings. The summed E-state index contributed by atoms with van der Waals surface area (Å²) in [5, 5.41) is 7.74. The van der Waals surface area contributed by atoms with Crippen LogP contribution in [0.2, 0.25) is 0 Å².